The van der Waals surface area contributed by atoms with Gasteiger partial charge >= 0.3 is 5.97 Å². The highest BCUT2D eigenvalue weighted by atomic mass is 79.9. The highest BCUT2D eigenvalue weighted by Crippen LogP contribution is 2.22. The lowest BCUT2D eigenvalue weighted by atomic mass is 10.2. The van der Waals surface area contributed by atoms with Crippen molar-refractivity contribution in [2.75, 3.05) is 0 Å². The average molecular weight is 268 g/mol. The normalized spacial score (nSPS) is 10.2. The molecule has 76 valence electrons. The van der Waals surface area contributed by atoms with Gasteiger partial charge in [-0.05, 0) is 28.1 Å². The first-order chi connectivity index (χ1) is 7.20. The average Bonchev–Trinajstić information content (AvgIpc) is 2.69. The summed E-state index contributed by atoms with van der Waals surface area (Å²) in [5, 5.41) is 16.8. The maximum Gasteiger partial charge on any atom is 0.339 e. The third kappa shape index (κ3) is 1.75. The second kappa shape index (κ2) is 3.82. The summed E-state index contributed by atoms with van der Waals surface area (Å²) in [6.07, 6.45) is 2.99. The molecule has 2 aromatic rings. The van der Waals surface area contributed by atoms with Gasteiger partial charge in [0.25, 0.3) is 0 Å². The van der Waals surface area contributed by atoms with Crippen molar-refractivity contribution >= 4 is 21.9 Å². The van der Waals surface area contributed by atoms with Crippen LogP contribution in [0, 0.1) is 0 Å². The molecule has 0 aliphatic rings. The molecule has 0 bridgehead atoms. The van der Waals surface area contributed by atoms with Gasteiger partial charge in [0.15, 0.2) is 0 Å². The van der Waals surface area contributed by atoms with Crippen LogP contribution in [0.25, 0.3) is 5.69 Å². The summed E-state index contributed by atoms with van der Waals surface area (Å²) < 4.78 is 0.504. The maximum absolute atomic E-state index is 11.0. The van der Waals surface area contributed by atoms with Crippen LogP contribution in [0.1, 0.15) is 10.4 Å². The standard InChI is InChI=1S/C9H6BrN3O2/c10-6-2-1-3-7(8(6)9(14)15)13-11-4-5-12-13/h1-5H,(H,14,15). The van der Waals surface area contributed by atoms with Crippen molar-refractivity contribution in [3.8, 4) is 5.69 Å². The van der Waals surface area contributed by atoms with Gasteiger partial charge in [0, 0.05) is 4.47 Å². The molecule has 5 nitrogen and oxygen atoms in total. The van der Waals surface area contributed by atoms with Gasteiger partial charge in [-0.3, -0.25) is 0 Å². The van der Waals surface area contributed by atoms with E-state index in [1.807, 2.05) is 0 Å². The van der Waals surface area contributed by atoms with Crippen molar-refractivity contribution in [2.45, 2.75) is 0 Å². The van der Waals surface area contributed by atoms with E-state index in [0.717, 1.165) is 0 Å². The Balaban J connectivity index is 2.66. The van der Waals surface area contributed by atoms with E-state index in [1.165, 1.54) is 17.2 Å². The quantitative estimate of drug-likeness (QED) is 0.900. The fourth-order valence-electron chi connectivity index (χ4n) is 1.23. The molecule has 2 rings (SSSR count). The molecule has 1 heterocycles. The molecule has 15 heavy (non-hydrogen) atoms. The van der Waals surface area contributed by atoms with Crippen LogP contribution in [-0.4, -0.2) is 26.1 Å². The molecule has 0 radical (unpaired) electrons. The number of hydrogen-bond donors (Lipinski definition) is 1. The predicted molar refractivity (Wildman–Crippen MR) is 56.0 cm³/mol. The van der Waals surface area contributed by atoms with Crippen LogP contribution in [0.3, 0.4) is 0 Å². The number of aromatic carboxylic acids is 1. The van der Waals surface area contributed by atoms with E-state index in [9.17, 15) is 4.79 Å². The number of carboxylic acids is 1. The minimum absolute atomic E-state index is 0.147. The fraction of sp³-hybridized carbons (Fsp3) is 0. The van der Waals surface area contributed by atoms with Gasteiger partial charge in [-0.25, -0.2) is 4.79 Å². The number of nitrogens with zero attached hydrogens (tertiary/aromatic N) is 3. The van der Waals surface area contributed by atoms with Gasteiger partial charge in [0.1, 0.15) is 11.3 Å². The topological polar surface area (TPSA) is 68.0 Å². The van der Waals surface area contributed by atoms with Crippen molar-refractivity contribution in [3.63, 3.8) is 0 Å². The van der Waals surface area contributed by atoms with E-state index in [0.29, 0.717) is 10.2 Å². The van der Waals surface area contributed by atoms with Gasteiger partial charge in [0.2, 0.25) is 0 Å². The van der Waals surface area contributed by atoms with Crippen LogP contribution in [0.5, 0.6) is 0 Å². The molecule has 1 aromatic heterocycles. The van der Waals surface area contributed by atoms with Crippen LogP contribution in [-0.2, 0) is 0 Å². The first-order valence-corrected chi connectivity index (χ1v) is 4.88. The van der Waals surface area contributed by atoms with Crippen LogP contribution < -0.4 is 0 Å². The Morgan fingerprint density at radius 1 is 1.33 bits per heavy atom. The highest BCUT2D eigenvalue weighted by molar-refractivity contribution is 9.10. The number of carbonyl (C=O) groups is 1. The Morgan fingerprint density at radius 3 is 2.60 bits per heavy atom. The molecule has 6 heteroatoms. The predicted octanol–water partition coefficient (Wildman–Crippen LogP) is 1.73. The zero-order valence-electron chi connectivity index (χ0n) is 7.46. The van der Waals surface area contributed by atoms with Gasteiger partial charge in [-0.15, -0.1) is 0 Å². The molecule has 0 saturated heterocycles. The van der Waals surface area contributed by atoms with Crippen molar-refractivity contribution in [1.82, 2.24) is 15.0 Å². The van der Waals surface area contributed by atoms with Gasteiger partial charge in [-0.1, -0.05) is 6.07 Å². The summed E-state index contributed by atoms with van der Waals surface area (Å²) in [7, 11) is 0. The molecule has 0 aliphatic carbocycles. The number of carboxylic acid groups (broad SMARTS) is 1. The summed E-state index contributed by atoms with van der Waals surface area (Å²) in [6, 6.07) is 5.04. The van der Waals surface area contributed by atoms with E-state index in [1.54, 1.807) is 18.2 Å². The Bertz CT molecular complexity index is 496. The first kappa shape index (κ1) is 9.85. The van der Waals surface area contributed by atoms with Crippen molar-refractivity contribution < 1.29 is 9.90 Å². The molecule has 0 unspecified atom stereocenters. The summed E-state index contributed by atoms with van der Waals surface area (Å²) >= 11 is 3.18. The zero-order valence-corrected chi connectivity index (χ0v) is 9.05. The summed E-state index contributed by atoms with van der Waals surface area (Å²) in [5.74, 6) is -1.02. The lowest BCUT2D eigenvalue weighted by molar-refractivity contribution is 0.0695. The lowest BCUT2D eigenvalue weighted by Gasteiger charge is -2.05. The van der Waals surface area contributed by atoms with Crippen LogP contribution in [0.15, 0.2) is 35.1 Å². The van der Waals surface area contributed by atoms with Crippen LogP contribution in [0.2, 0.25) is 0 Å². The van der Waals surface area contributed by atoms with Crippen molar-refractivity contribution in [3.05, 3.63) is 40.6 Å². The van der Waals surface area contributed by atoms with Crippen molar-refractivity contribution in [2.24, 2.45) is 0 Å². The molecule has 0 aliphatic heterocycles. The largest absolute Gasteiger partial charge is 0.478 e. The Morgan fingerprint density at radius 2 is 2.00 bits per heavy atom. The van der Waals surface area contributed by atoms with E-state index in [2.05, 4.69) is 26.1 Å². The number of halogens is 1. The number of aromatic nitrogens is 3. The van der Waals surface area contributed by atoms with E-state index < -0.39 is 5.97 Å². The molecule has 0 spiro atoms. The summed E-state index contributed by atoms with van der Waals surface area (Å²) in [5.41, 5.74) is 0.579. The smallest absolute Gasteiger partial charge is 0.339 e. The Hall–Kier alpha value is -1.69. The first-order valence-electron chi connectivity index (χ1n) is 4.08. The SMILES string of the molecule is O=C(O)c1c(Br)cccc1-n1nccn1. The molecule has 0 atom stereocenters. The van der Waals surface area contributed by atoms with E-state index in [4.69, 9.17) is 5.11 Å². The summed E-state index contributed by atoms with van der Waals surface area (Å²) in [4.78, 5) is 12.3. The Labute approximate surface area is 93.5 Å². The van der Waals surface area contributed by atoms with Gasteiger partial charge in [0.05, 0.1) is 12.4 Å². The highest BCUT2D eigenvalue weighted by Gasteiger charge is 2.15. The van der Waals surface area contributed by atoms with Crippen molar-refractivity contribution in [1.29, 1.82) is 0 Å². The fourth-order valence-corrected chi connectivity index (χ4v) is 1.76. The zero-order chi connectivity index (χ0) is 10.8. The van der Waals surface area contributed by atoms with Crippen LogP contribution in [0.4, 0.5) is 0 Å². The van der Waals surface area contributed by atoms with Crippen LogP contribution >= 0.6 is 15.9 Å². The van der Waals surface area contributed by atoms with E-state index >= 15 is 0 Å². The molecule has 0 fully saturated rings. The lowest BCUT2D eigenvalue weighted by Crippen LogP contribution is -2.08. The molecular formula is C9H6BrN3O2. The van der Waals surface area contributed by atoms with E-state index in [-0.39, 0.29) is 5.56 Å². The monoisotopic (exact) mass is 267 g/mol. The third-order valence-electron chi connectivity index (χ3n) is 1.84. The minimum atomic E-state index is -1.02. The summed E-state index contributed by atoms with van der Waals surface area (Å²) in [6.45, 7) is 0. The second-order valence-corrected chi connectivity index (χ2v) is 3.61. The third-order valence-corrected chi connectivity index (χ3v) is 2.50. The molecule has 1 N–H and O–H groups in total. The Kier molecular flexibility index (Phi) is 2.51. The maximum atomic E-state index is 11.0. The second-order valence-electron chi connectivity index (χ2n) is 2.76. The molecular weight excluding hydrogens is 262 g/mol. The number of rotatable bonds is 2. The number of benzene rings is 1. The minimum Gasteiger partial charge on any atom is -0.478 e. The molecule has 0 amide bonds. The molecule has 0 saturated carbocycles. The molecule has 1 aromatic carbocycles. The number of hydrogen-bond acceptors (Lipinski definition) is 3. The van der Waals surface area contributed by atoms with Gasteiger partial charge < -0.3 is 5.11 Å². The van der Waals surface area contributed by atoms with Gasteiger partial charge in [-0.2, -0.15) is 15.0 Å².